The lowest BCUT2D eigenvalue weighted by molar-refractivity contribution is 0.0806. The number of hydrogen-bond donors (Lipinski definition) is 1. The molecule has 1 aromatic rings. The fourth-order valence-electron chi connectivity index (χ4n) is 1.36. The molecule has 0 aromatic carbocycles. The Bertz CT molecular complexity index is 271. The number of nitrogens with zero attached hydrogens (tertiary/aromatic N) is 2. The third-order valence-corrected chi connectivity index (χ3v) is 2.16. The van der Waals surface area contributed by atoms with Crippen LogP contribution in [0.3, 0.4) is 0 Å². The van der Waals surface area contributed by atoms with E-state index in [0.717, 1.165) is 32.1 Å². The van der Waals surface area contributed by atoms with E-state index in [9.17, 15) is 0 Å². The summed E-state index contributed by atoms with van der Waals surface area (Å²) in [7, 11) is 0. The molecular formula is C11H21N3O. The Morgan fingerprint density at radius 3 is 3.00 bits per heavy atom. The third-order valence-electron chi connectivity index (χ3n) is 2.16. The highest BCUT2D eigenvalue weighted by Crippen LogP contribution is 1.96. The molecule has 86 valence electrons. The molecule has 1 aromatic heterocycles. The van der Waals surface area contributed by atoms with Gasteiger partial charge in [-0.1, -0.05) is 0 Å². The van der Waals surface area contributed by atoms with Crippen LogP contribution in [0.2, 0.25) is 0 Å². The lowest BCUT2D eigenvalue weighted by atomic mass is 10.5. The van der Waals surface area contributed by atoms with E-state index in [1.165, 1.54) is 0 Å². The summed E-state index contributed by atoms with van der Waals surface area (Å²) in [5.74, 6) is 1.09. The average Bonchev–Trinajstić information content (AvgIpc) is 2.64. The Balaban J connectivity index is 2.15. The van der Waals surface area contributed by atoms with E-state index in [1.807, 2.05) is 26.2 Å². The van der Waals surface area contributed by atoms with Crippen LogP contribution in [-0.4, -0.2) is 28.8 Å². The quantitative estimate of drug-likeness (QED) is 0.693. The van der Waals surface area contributed by atoms with Gasteiger partial charge in [-0.15, -0.1) is 0 Å². The van der Waals surface area contributed by atoms with Gasteiger partial charge in [0.1, 0.15) is 5.82 Å². The second-order valence-electron chi connectivity index (χ2n) is 3.73. The van der Waals surface area contributed by atoms with Crippen molar-refractivity contribution in [3.05, 3.63) is 18.2 Å². The monoisotopic (exact) mass is 211 g/mol. The molecule has 1 N–H and O–H groups in total. The molecule has 0 saturated carbocycles. The molecule has 0 saturated heterocycles. The molecule has 0 unspecified atom stereocenters. The molecule has 0 amide bonds. The number of imidazole rings is 1. The summed E-state index contributed by atoms with van der Waals surface area (Å²) >= 11 is 0. The molecule has 4 nitrogen and oxygen atoms in total. The van der Waals surface area contributed by atoms with Crippen LogP contribution >= 0.6 is 0 Å². The van der Waals surface area contributed by atoms with Crippen molar-refractivity contribution in [2.24, 2.45) is 0 Å². The van der Waals surface area contributed by atoms with Crippen molar-refractivity contribution in [3.8, 4) is 0 Å². The summed E-state index contributed by atoms with van der Waals surface area (Å²) in [6.07, 6.45) is 4.15. The highest BCUT2D eigenvalue weighted by molar-refractivity contribution is 4.91. The number of hydrogen-bond acceptors (Lipinski definition) is 3. The van der Waals surface area contributed by atoms with Crippen LogP contribution in [0.25, 0.3) is 0 Å². The van der Waals surface area contributed by atoms with Gasteiger partial charge in [0.2, 0.25) is 0 Å². The summed E-state index contributed by atoms with van der Waals surface area (Å²) in [5.41, 5.74) is 0. The fraction of sp³-hybridized carbons (Fsp3) is 0.727. The van der Waals surface area contributed by atoms with Gasteiger partial charge in [-0.05, 0) is 20.8 Å². The Hall–Kier alpha value is -0.870. The predicted octanol–water partition coefficient (Wildman–Crippen LogP) is 1.42. The zero-order chi connectivity index (χ0) is 11.1. The topological polar surface area (TPSA) is 39.1 Å². The first-order valence-corrected chi connectivity index (χ1v) is 5.56. The summed E-state index contributed by atoms with van der Waals surface area (Å²) in [6, 6.07) is 0. The largest absolute Gasteiger partial charge is 0.377 e. The van der Waals surface area contributed by atoms with Crippen molar-refractivity contribution in [2.45, 2.75) is 40.0 Å². The fourth-order valence-corrected chi connectivity index (χ4v) is 1.36. The van der Waals surface area contributed by atoms with Gasteiger partial charge in [0.25, 0.3) is 0 Å². The molecule has 0 fully saturated rings. The lowest BCUT2D eigenvalue weighted by Crippen LogP contribution is -2.22. The van der Waals surface area contributed by atoms with Crippen molar-refractivity contribution in [1.29, 1.82) is 0 Å². The van der Waals surface area contributed by atoms with Crippen molar-refractivity contribution in [1.82, 2.24) is 14.9 Å². The van der Waals surface area contributed by atoms with Crippen LogP contribution in [-0.2, 0) is 17.8 Å². The first-order chi connectivity index (χ1) is 7.24. The Morgan fingerprint density at radius 2 is 2.33 bits per heavy atom. The summed E-state index contributed by atoms with van der Waals surface area (Å²) in [4.78, 5) is 4.28. The van der Waals surface area contributed by atoms with Crippen molar-refractivity contribution in [3.63, 3.8) is 0 Å². The third kappa shape index (κ3) is 4.44. The number of rotatable bonds is 7. The Labute approximate surface area is 91.7 Å². The second kappa shape index (κ2) is 6.58. The summed E-state index contributed by atoms with van der Waals surface area (Å²) in [5, 5.41) is 3.31. The first kappa shape index (κ1) is 12.2. The van der Waals surface area contributed by atoms with Crippen LogP contribution in [0.5, 0.6) is 0 Å². The molecule has 0 aliphatic rings. The normalized spacial score (nSPS) is 11.2. The molecule has 0 aliphatic carbocycles. The van der Waals surface area contributed by atoms with Gasteiger partial charge in [-0.3, -0.25) is 0 Å². The van der Waals surface area contributed by atoms with E-state index < -0.39 is 0 Å². The number of ether oxygens (including phenoxy) is 1. The van der Waals surface area contributed by atoms with E-state index in [4.69, 9.17) is 4.74 Å². The SMILES string of the molecule is CCn1ccnc1CNCCOC(C)C. The minimum atomic E-state index is 0.310. The Kier molecular flexibility index (Phi) is 5.36. The van der Waals surface area contributed by atoms with Crippen LogP contribution in [0, 0.1) is 0 Å². The highest BCUT2D eigenvalue weighted by Gasteiger charge is 1.99. The molecule has 0 radical (unpaired) electrons. The van der Waals surface area contributed by atoms with Crippen LogP contribution in [0.4, 0.5) is 0 Å². The highest BCUT2D eigenvalue weighted by atomic mass is 16.5. The molecular weight excluding hydrogens is 190 g/mol. The van der Waals surface area contributed by atoms with E-state index in [-0.39, 0.29) is 0 Å². The van der Waals surface area contributed by atoms with Gasteiger partial charge in [-0.25, -0.2) is 4.98 Å². The first-order valence-electron chi connectivity index (χ1n) is 5.56. The van der Waals surface area contributed by atoms with Crippen molar-refractivity contribution >= 4 is 0 Å². The van der Waals surface area contributed by atoms with Crippen molar-refractivity contribution < 1.29 is 4.74 Å². The van der Waals surface area contributed by atoms with Crippen LogP contribution in [0.15, 0.2) is 12.4 Å². The molecule has 0 atom stereocenters. The maximum Gasteiger partial charge on any atom is 0.122 e. The summed E-state index contributed by atoms with van der Waals surface area (Å²) in [6.45, 7) is 9.61. The van der Waals surface area contributed by atoms with E-state index in [1.54, 1.807) is 0 Å². The van der Waals surface area contributed by atoms with Gasteiger partial charge in [0, 0.05) is 25.5 Å². The molecule has 0 aliphatic heterocycles. The summed E-state index contributed by atoms with van der Waals surface area (Å²) < 4.78 is 7.56. The van der Waals surface area contributed by atoms with Gasteiger partial charge >= 0.3 is 0 Å². The second-order valence-corrected chi connectivity index (χ2v) is 3.73. The van der Waals surface area contributed by atoms with Gasteiger partial charge in [-0.2, -0.15) is 0 Å². The van der Waals surface area contributed by atoms with Crippen molar-refractivity contribution in [2.75, 3.05) is 13.2 Å². The number of nitrogens with one attached hydrogen (secondary N) is 1. The number of aryl methyl sites for hydroxylation is 1. The molecule has 0 bridgehead atoms. The minimum Gasteiger partial charge on any atom is -0.377 e. The van der Waals surface area contributed by atoms with Gasteiger partial charge in [0.15, 0.2) is 0 Å². The average molecular weight is 211 g/mol. The molecule has 0 spiro atoms. The van der Waals surface area contributed by atoms with Gasteiger partial charge < -0.3 is 14.6 Å². The molecule has 1 rings (SSSR count). The van der Waals surface area contributed by atoms with Crippen LogP contribution < -0.4 is 5.32 Å². The standard InChI is InChI=1S/C11H21N3O/c1-4-14-7-5-13-11(14)9-12-6-8-15-10(2)3/h5,7,10,12H,4,6,8-9H2,1-3H3. The predicted molar refractivity (Wildman–Crippen MR) is 60.7 cm³/mol. The molecule has 4 heteroatoms. The van der Waals surface area contributed by atoms with E-state index in [2.05, 4.69) is 21.8 Å². The minimum absolute atomic E-state index is 0.310. The Morgan fingerprint density at radius 1 is 1.53 bits per heavy atom. The van der Waals surface area contributed by atoms with E-state index in [0.29, 0.717) is 6.10 Å². The lowest BCUT2D eigenvalue weighted by Gasteiger charge is -2.09. The smallest absolute Gasteiger partial charge is 0.122 e. The molecule has 15 heavy (non-hydrogen) atoms. The maximum atomic E-state index is 5.43. The van der Waals surface area contributed by atoms with Crippen LogP contribution in [0.1, 0.15) is 26.6 Å². The number of aromatic nitrogens is 2. The van der Waals surface area contributed by atoms with E-state index >= 15 is 0 Å². The zero-order valence-electron chi connectivity index (χ0n) is 9.86. The molecule has 1 heterocycles. The van der Waals surface area contributed by atoms with Gasteiger partial charge in [0.05, 0.1) is 19.3 Å². The maximum absolute atomic E-state index is 5.43. The zero-order valence-corrected chi connectivity index (χ0v) is 9.86.